The highest BCUT2D eigenvalue weighted by Crippen LogP contribution is 2.47. The predicted octanol–water partition coefficient (Wildman–Crippen LogP) is 14.1. The lowest BCUT2D eigenvalue weighted by Crippen LogP contribution is -2.14. The second kappa shape index (κ2) is 13.8. The third kappa shape index (κ3) is 5.60. The van der Waals surface area contributed by atoms with Gasteiger partial charge in [-0.2, -0.15) is 0 Å². The maximum atomic E-state index is 6.72. The van der Waals surface area contributed by atoms with Gasteiger partial charge >= 0.3 is 0 Å². The van der Waals surface area contributed by atoms with E-state index in [0.717, 1.165) is 79.7 Å². The van der Waals surface area contributed by atoms with E-state index in [0.29, 0.717) is 0 Å². The van der Waals surface area contributed by atoms with Crippen molar-refractivity contribution in [1.82, 2.24) is 9.55 Å². The zero-order chi connectivity index (χ0) is 37.0. The molecule has 0 saturated carbocycles. The number of hydrogen-bond donors (Lipinski definition) is 0. The Morgan fingerprint density at radius 2 is 1.38 bits per heavy atom. The van der Waals surface area contributed by atoms with Crippen molar-refractivity contribution >= 4 is 50.9 Å². The number of hydrogen-bond acceptors (Lipinski definition) is 2. The molecule has 4 aliphatic carbocycles. The fourth-order valence-electron chi connectivity index (χ4n) is 9.79. The molecule has 0 amide bonds. The van der Waals surface area contributed by atoms with Gasteiger partial charge in [-0.1, -0.05) is 121 Å². The molecule has 1 atom stereocenters. The first-order valence-corrected chi connectivity index (χ1v) is 20.6. The van der Waals surface area contributed by atoms with Crippen LogP contribution < -0.4 is 0 Å². The summed E-state index contributed by atoms with van der Waals surface area (Å²) in [5.41, 5.74) is 18.5. The molecule has 0 aliphatic heterocycles. The normalized spacial score (nSPS) is 17.7. The second-order valence-corrected chi connectivity index (χ2v) is 15.8. The molecule has 3 heterocycles. The number of benzene rings is 4. The zero-order valence-electron chi connectivity index (χ0n) is 31.7. The second-order valence-electron chi connectivity index (χ2n) is 15.8. The van der Waals surface area contributed by atoms with Gasteiger partial charge in [0.15, 0.2) is 0 Å². The number of fused-ring (bicyclic) bond motifs is 6. The fraction of sp³-hybridized carbons (Fsp3) is 0.189. The number of allylic oxidation sites excluding steroid dienone is 8. The molecular formula is C53H44N2O. The van der Waals surface area contributed by atoms with Crippen LogP contribution in [-0.2, 0) is 12.8 Å². The molecule has 0 radical (unpaired) electrons. The van der Waals surface area contributed by atoms with Crippen molar-refractivity contribution in [3.63, 3.8) is 0 Å². The van der Waals surface area contributed by atoms with Crippen LogP contribution in [0.15, 0.2) is 144 Å². The highest BCUT2D eigenvalue weighted by Gasteiger charge is 2.30. The largest absolute Gasteiger partial charge is 0.460 e. The number of nitrogens with zero attached hydrogens (tertiary/aromatic N) is 2. The van der Waals surface area contributed by atoms with Gasteiger partial charge in [0.1, 0.15) is 11.3 Å². The van der Waals surface area contributed by atoms with Crippen LogP contribution in [0.1, 0.15) is 90.3 Å². The Bertz CT molecular complexity index is 2760. The van der Waals surface area contributed by atoms with Gasteiger partial charge in [0.25, 0.3) is 0 Å². The van der Waals surface area contributed by atoms with Gasteiger partial charge in [-0.15, -0.1) is 0 Å². The van der Waals surface area contributed by atoms with E-state index >= 15 is 0 Å². The Morgan fingerprint density at radius 3 is 2.25 bits per heavy atom. The van der Waals surface area contributed by atoms with E-state index in [1.54, 1.807) is 0 Å². The molecule has 3 heteroatoms. The van der Waals surface area contributed by atoms with E-state index in [9.17, 15) is 0 Å². The Labute approximate surface area is 328 Å². The summed E-state index contributed by atoms with van der Waals surface area (Å²) in [5.74, 6) is 1.40. The third-order valence-corrected chi connectivity index (χ3v) is 12.4. The first-order valence-electron chi connectivity index (χ1n) is 20.6. The Balaban J connectivity index is 1.03. The maximum absolute atomic E-state index is 6.72. The van der Waals surface area contributed by atoms with Gasteiger partial charge in [0.2, 0.25) is 0 Å². The summed E-state index contributed by atoms with van der Waals surface area (Å²) in [6, 6.07) is 39.9. The molecule has 7 aromatic rings. The minimum absolute atomic E-state index is 0.260. The number of aryl methyl sites for hydroxylation is 2. The SMILES string of the molecule is C1=Cc2c(oc3c(C4CCCC=C4n4c5c(c6cc(C7=CCCC=C7c7cc(-c8ccccc8)cc(-c8ccccc8)n7)ccc64)CCC=C5)cccc23)CC1. The van der Waals surface area contributed by atoms with Crippen LogP contribution in [0, 0.1) is 0 Å². The molecule has 0 N–H and O–H groups in total. The smallest absolute Gasteiger partial charge is 0.138 e. The summed E-state index contributed by atoms with van der Waals surface area (Å²) in [5, 5.41) is 2.62. The van der Waals surface area contributed by atoms with Crippen LogP contribution >= 0.6 is 0 Å². The zero-order valence-corrected chi connectivity index (χ0v) is 31.7. The molecule has 0 bridgehead atoms. The van der Waals surface area contributed by atoms with E-state index in [2.05, 4.69) is 156 Å². The lowest BCUT2D eigenvalue weighted by molar-refractivity contribution is 0.538. The topological polar surface area (TPSA) is 31.0 Å². The molecule has 4 aromatic carbocycles. The van der Waals surface area contributed by atoms with Crippen LogP contribution in [-0.4, -0.2) is 9.55 Å². The van der Waals surface area contributed by atoms with E-state index in [4.69, 9.17) is 9.40 Å². The maximum Gasteiger partial charge on any atom is 0.138 e. The van der Waals surface area contributed by atoms with Crippen molar-refractivity contribution in [3.8, 4) is 22.4 Å². The number of rotatable bonds is 6. The molecule has 1 unspecified atom stereocenters. The van der Waals surface area contributed by atoms with Crippen LogP contribution in [0.3, 0.4) is 0 Å². The molecule has 0 saturated heterocycles. The minimum Gasteiger partial charge on any atom is -0.460 e. The Hall–Kier alpha value is -6.19. The third-order valence-electron chi connectivity index (χ3n) is 12.4. The van der Waals surface area contributed by atoms with Crippen molar-refractivity contribution in [2.75, 3.05) is 0 Å². The van der Waals surface area contributed by atoms with Crippen LogP contribution in [0.5, 0.6) is 0 Å². The summed E-state index contributed by atoms with van der Waals surface area (Å²) < 4.78 is 9.33. The molecule has 3 aromatic heterocycles. The van der Waals surface area contributed by atoms with E-state index in [1.807, 2.05) is 0 Å². The highest BCUT2D eigenvalue weighted by molar-refractivity contribution is 6.07. The average Bonchev–Trinajstić information content (AvgIpc) is 3.82. The monoisotopic (exact) mass is 724 g/mol. The molecule has 3 nitrogen and oxygen atoms in total. The van der Waals surface area contributed by atoms with Crippen molar-refractivity contribution in [2.24, 2.45) is 0 Å². The van der Waals surface area contributed by atoms with Crippen molar-refractivity contribution < 1.29 is 4.42 Å². The summed E-state index contributed by atoms with van der Waals surface area (Å²) >= 11 is 0. The van der Waals surface area contributed by atoms with E-state index in [1.165, 1.54) is 78.6 Å². The van der Waals surface area contributed by atoms with Gasteiger partial charge in [-0.25, -0.2) is 4.98 Å². The first kappa shape index (κ1) is 33.2. The summed E-state index contributed by atoms with van der Waals surface area (Å²) in [6.07, 6.45) is 26.2. The average molecular weight is 725 g/mol. The molecule has 4 aliphatic rings. The molecule has 272 valence electrons. The lowest BCUT2D eigenvalue weighted by Gasteiger charge is -2.28. The van der Waals surface area contributed by atoms with Gasteiger partial charge in [0.05, 0.1) is 16.9 Å². The van der Waals surface area contributed by atoms with Gasteiger partial charge in [-0.3, -0.25) is 0 Å². The van der Waals surface area contributed by atoms with Crippen molar-refractivity contribution in [1.29, 1.82) is 0 Å². The van der Waals surface area contributed by atoms with E-state index in [-0.39, 0.29) is 5.92 Å². The summed E-state index contributed by atoms with van der Waals surface area (Å²) in [4.78, 5) is 5.37. The quantitative estimate of drug-likeness (QED) is 0.171. The molecule has 11 rings (SSSR count). The Kier molecular flexibility index (Phi) is 8.19. The highest BCUT2D eigenvalue weighted by atomic mass is 16.3. The number of pyridine rings is 1. The number of aromatic nitrogens is 2. The molecule has 0 fully saturated rings. The Morgan fingerprint density at radius 1 is 0.589 bits per heavy atom. The molecular weight excluding hydrogens is 681 g/mol. The molecule has 56 heavy (non-hydrogen) atoms. The van der Waals surface area contributed by atoms with E-state index < -0.39 is 0 Å². The predicted molar refractivity (Wildman–Crippen MR) is 234 cm³/mol. The van der Waals surface area contributed by atoms with Crippen LogP contribution in [0.25, 0.3) is 73.3 Å². The minimum atomic E-state index is 0.260. The van der Waals surface area contributed by atoms with Gasteiger partial charge in [-0.05, 0) is 110 Å². The summed E-state index contributed by atoms with van der Waals surface area (Å²) in [7, 11) is 0. The van der Waals surface area contributed by atoms with Gasteiger partial charge < -0.3 is 8.98 Å². The van der Waals surface area contributed by atoms with Gasteiger partial charge in [0, 0.05) is 56.8 Å². The molecule has 0 spiro atoms. The number of para-hydroxylation sites is 1. The van der Waals surface area contributed by atoms with Crippen molar-refractivity contribution in [2.45, 2.75) is 63.7 Å². The number of furan rings is 1. The summed E-state index contributed by atoms with van der Waals surface area (Å²) in [6.45, 7) is 0. The van der Waals surface area contributed by atoms with Crippen molar-refractivity contribution in [3.05, 3.63) is 179 Å². The lowest BCUT2D eigenvalue weighted by atomic mass is 9.84. The van der Waals surface area contributed by atoms with Crippen LogP contribution in [0.4, 0.5) is 0 Å². The van der Waals surface area contributed by atoms with Crippen LogP contribution in [0.2, 0.25) is 0 Å². The fourth-order valence-corrected chi connectivity index (χ4v) is 9.79. The first-order chi connectivity index (χ1) is 27.8. The standard InChI is InChI=1S/C53H44N2O/c1-3-16-35(17-4-1)38-33-47(36-18-5-2-6-19-36)54-48(34-38)40-21-8-7-20-39(40)37-30-31-51-46(32-37)42-23-10-13-28-50(42)55(51)49-27-12-9-22-41(49)44-25-15-26-45-43-24-11-14-29-52(43)56-53(44)45/h1-6,11,13,15-21,24-28,30-34,41H,7-10,12,14,22-23,29H2.